The van der Waals surface area contributed by atoms with Crippen molar-refractivity contribution in [3.63, 3.8) is 0 Å². The summed E-state index contributed by atoms with van der Waals surface area (Å²) in [4.78, 5) is 24.3. The molecule has 1 aliphatic rings. The molecule has 47 heavy (non-hydrogen) atoms. The molecule has 0 aromatic heterocycles. The van der Waals surface area contributed by atoms with E-state index in [-0.39, 0.29) is 28.6 Å². The van der Waals surface area contributed by atoms with E-state index in [1.807, 2.05) is 18.2 Å². The number of ether oxygens (including phenoxy) is 3. The summed E-state index contributed by atoms with van der Waals surface area (Å²) < 4.78 is 33.9. The Kier molecular flexibility index (Phi) is 12.8. The summed E-state index contributed by atoms with van der Waals surface area (Å²) in [5.41, 5.74) is 1.42. The van der Waals surface area contributed by atoms with Crippen molar-refractivity contribution >= 4 is 31.2 Å². The molecule has 0 amide bonds. The molecule has 10 nitrogen and oxygen atoms in total. The van der Waals surface area contributed by atoms with E-state index in [1.165, 1.54) is 69.2 Å². The van der Waals surface area contributed by atoms with Crippen molar-refractivity contribution in [1.29, 1.82) is 0 Å². The summed E-state index contributed by atoms with van der Waals surface area (Å²) in [7, 11) is 1.74. The van der Waals surface area contributed by atoms with E-state index in [0.29, 0.717) is 29.4 Å². The average molecular weight is 643 g/mol. The molecule has 0 bridgehead atoms. The molecule has 0 saturated heterocycles. The number of rotatable bonds is 18. The van der Waals surface area contributed by atoms with E-state index >= 15 is 0 Å². The van der Waals surface area contributed by atoms with Gasteiger partial charge in [-0.2, -0.15) is 0 Å². The van der Waals surface area contributed by atoms with Crippen LogP contribution in [0.25, 0.3) is 12.2 Å². The minimum absolute atomic E-state index is 0.0150. The van der Waals surface area contributed by atoms with Crippen LogP contribution in [0.5, 0.6) is 34.5 Å². The van der Waals surface area contributed by atoms with Crippen LogP contribution in [0.2, 0.25) is 0 Å². The van der Waals surface area contributed by atoms with E-state index in [4.69, 9.17) is 28.2 Å². The van der Waals surface area contributed by atoms with Crippen LogP contribution in [0, 0.1) is 0 Å². The number of allylic oxidation sites excluding steroid dienone is 3. The van der Waals surface area contributed by atoms with Crippen LogP contribution in [0.15, 0.2) is 78.6 Å². The van der Waals surface area contributed by atoms with Crippen molar-refractivity contribution in [2.45, 2.75) is 45.4 Å². The predicted molar refractivity (Wildman–Crippen MR) is 179 cm³/mol. The van der Waals surface area contributed by atoms with Gasteiger partial charge in [0, 0.05) is 6.08 Å². The molecule has 246 valence electrons. The summed E-state index contributed by atoms with van der Waals surface area (Å²) in [6.07, 6.45) is 14.5. The van der Waals surface area contributed by atoms with Gasteiger partial charge in [0.05, 0.1) is 26.4 Å². The van der Waals surface area contributed by atoms with Gasteiger partial charge in [-0.3, -0.25) is 4.79 Å². The largest absolute Gasteiger partial charge is 0.864 e. The first-order valence-electron chi connectivity index (χ1n) is 15.5. The zero-order valence-corrected chi connectivity index (χ0v) is 26.8. The Labute approximate surface area is 275 Å². The lowest BCUT2D eigenvalue weighted by Crippen LogP contribution is -2.28. The third kappa shape index (κ3) is 10.4. The number of hydrogen-bond donors (Lipinski definition) is 2. The van der Waals surface area contributed by atoms with Crippen molar-refractivity contribution in [2.75, 3.05) is 20.8 Å². The standard InChI is InChI=1S/C36H39BO10/c1-4-5-6-7-8-9-20-44-31-18-13-26(22-34(31)43-3)11-16-29(24-28(38)15-10-25-12-17-30(39)33(21-25)42-2)45-37-46-32-19-14-27(36(40)41)23-35(32)47-37/h10-19,21-24,39H,4-9,20H2,1-3H3,(H,40,41)/b15-10-,16-11+,29-24+. The van der Waals surface area contributed by atoms with Crippen LogP contribution in [0.3, 0.4) is 0 Å². The SMILES string of the molecule is CCCCCCCCOc1ccc(/C=C/C(=C\C(=O)/C=C\c2ccc(O)c(OC)c2)OB2Oc3ccc(C(=O)O)cc3O2)cc1OC. The van der Waals surface area contributed by atoms with Crippen molar-refractivity contribution in [3.05, 3.63) is 95.3 Å². The number of phenolic OH excluding ortho intramolecular Hbond substituents is 1. The molecule has 0 atom stereocenters. The average Bonchev–Trinajstić information content (AvgIpc) is 3.48. The van der Waals surface area contributed by atoms with Crippen LogP contribution >= 0.6 is 0 Å². The fourth-order valence-electron chi connectivity index (χ4n) is 4.66. The van der Waals surface area contributed by atoms with E-state index < -0.39 is 19.1 Å². The molecule has 2 N–H and O–H groups in total. The zero-order valence-electron chi connectivity index (χ0n) is 26.8. The monoisotopic (exact) mass is 642 g/mol. The molecular formula is C36H39BO10. The Hall–Kier alpha value is -5.32. The number of phenols is 1. The highest BCUT2D eigenvalue weighted by Gasteiger charge is 2.38. The number of carbonyl (C=O) groups excluding carboxylic acids is 1. The number of carboxylic acid groups (broad SMARTS) is 1. The van der Waals surface area contributed by atoms with Gasteiger partial charge in [0.25, 0.3) is 0 Å². The highest BCUT2D eigenvalue weighted by Crippen LogP contribution is 2.35. The van der Waals surface area contributed by atoms with Gasteiger partial charge in [-0.05, 0) is 72.2 Å². The summed E-state index contributed by atoms with van der Waals surface area (Å²) in [5, 5.41) is 19.1. The van der Waals surface area contributed by atoms with E-state index in [2.05, 4.69) is 6.92 Å². The smallest absolute Gasteiger partial charge is 0.504 e. The number of methoxy groups -OCH3 is 2. The molecule has 0 unspecified atom stereocenters. The Bertz CT molecular complexity index is 1630. The number of aromatic carboxylic acids is 1. The minimum atomic E-state index is -1.27. The molecule has 3 aromatic rings. The van der Waals surface area contributed by atoms with Crippen LogP contribution < -0.4 is 23.5 Å². The number of carboxylic acids is 1. The maximum atomic E-state index is 13.0. The van der Waals surface area contributed by atoms with Crippen LogP contribution in [0.4, 0.5) is 0 Å². The van der Waals surface area contributed by atoms with Crippen LogP contribution in [-0.2, 0) is 9.45 Å². The maximum Gasteiger partial charge on any atom is 0.864 e. The Morgan fingerprint density at radius 1 is 0.787 bits per heavy atom. The number of unbranched alkanes of at least 4 members (excludes halogenated alkanes) is 5. The molecular weight excluding hydrogens is 603 g/mol. The van der Waals surface area contributed by atoms with E-state index in [9.17, 15) is 19.8 Å². The predicted octanol–water partition coefficient (Wildman–Crippen LogP) is 7.50. The van der Waals surface area contributed by atoms with Gasteiger partial charge in [0.15, 0.2) is 28.8 Å². The molecule has 0 aliphatic carbocycles. The normalized spacial score (nSPS) is 12.5. The lowest BCUT2D eigenvalue weighted by Gasteiger charge is -2.12. The first kappa shape index (κ1) is 34.6. The quantitative estimate of drug-likeness (QED) is 0.0473. The molecule has 0 saturated carbocycles. The van der Waals surface area contributed by atoms with Gasteiger partial charge in [0.1, 0.15) is 17.3 Å². The Morgan fingerprint density at radius 2 is 1.47 bits per heavy atom. The highest BCUT2D eigenvalue weighted by molar-refractivity contribution is 6.40. The topological polar surface area (TPSA) is 130 Å². The summed E-state index contributed by atoms with van der Waals surface area (Å²) in [6, 6.07) is 14.4. The lowest BCUT2D eigenvalue weighted by atomic mass is 10.1. The number of carbonyl (C=O) groups is 2. The van der Waals surface area contributed by atoms with E-state index in [1.54, 1.807) is 37.5 Å². The first-order chi connectivity index (χ1) is 22.8. The van der Waals surface area contributed by atoms with Gasteiger partial charge in [0.2, 0.25) is 0 Å². The number of ketones is 1. The second-order valence-corrected chi connectivity index (χ2v) is 10.7. The second kappa shape index (κ2) is 17.4. The van der Waals surface area contributed by atoms with Crippen molar-refractivity contribution in [3.8, 4) is 34.5 Å². The number of fused-ring (bicyclic) bond motifs is 1. The highest BCUT2D eigenvalue weighted by atomic mass is 16.8. The summed E-state index contributed by atoms with van der Waals surface area (Å²) in [6.45, 7) is 2.80. The molecule has 1 heterocycles. The maximum absolute atomic E-state index is 13.0. The summed E-state index contributed by atoms with van der Waals surface area (Å²) in [5.74, 6) is 0.572. The van der Waals surface area contributed by atoms with Crippen LogP contribution in [-0.4, -0.2) is 50.1 Å². The molecule has 3 aromatic carbocycles. The van der Waals surface area contributed by atoms with Crippen molar-refractivity contribution in [1.82, 2.24) is 0 Å². The third-order valence-corrected chi connectivity index (χ3v) is 7.18. The molecule has 0 radical (unpaired) electrons. The molecule has 0 spiro atoms. The zero-order chi connectivity index (χ0) is 33.6. The fraction of sp³-hybridized carbons (Fsp3) is 0.278. The Balaban J connectivity index is 1.49. The van der Waals surface area contributed by atoms with Gasteiger partial charge in [-0.25, -0.2) is 4.79 Å². The number of aromatic hydroxyl groups is 1. The molecule has 0 fully saturated rings. The molecule has 1 aliphatic heterocycles. The van der Waals surface area contributed by atoms with Gasteiger partial charge in [-0.15, -0.1) is 0 Å². The van der Waals surface area contributed by atoms with Gasteiger partial charge < -0.3 is 38.4 Å². The second-order valence-electron chi connectivity index (χ2n) is 10.7. The van der Waals surface area contributed by atoms with Gasteiger partial charge >= 0.3 is 13.3 Å². The molecule has 4 rings (SSSR count). The lowest BCUT2D eigenvalue weighted by molar-refractivity contribution is -0.110. The number of hydrogen-bond acceptors (Lipinski definition) is 9. The van der Waals surface area contributed by atoms with Crippen molar-refractivity contribution < 1.29 is 48.0 Å². The first-order valence-corrected chi connectivity index (χ1v) is 15.5. The molecule has 11 heteroatoms. The minimum Gasteiger partial charge on any atom is -0.504 e. The fourth-order valence-corrected chi connectivity index (χ4v) is 4.66. The Morgan fingerprint density at radius 3 is 2.21 bits per heavy atom. The van der Waals surface area contributed by atoms with E-state index in [0.717, 1.165) is 18.4 Å². The summed E-state index contributed by atoms with van der Waals surface area (Å²) >= 11 is 0. The van der Waals surface area contributed by atoms with Crippen molar-refractivity contribution in [2.24, 2.45) is 0 Å². The number of benzene rings is 3. The van der Waals surface area contributed by atoms with Gasteiger partial charge in [-0.1, -0.05) is 63.3 Å². The third-order valence-electron chi connectivity index (χ3n) is 7.18. The van der Waals surface area contributed by atoms with Crippen LogP contribution in [0.1, 0.15) is 66.9 Å².